The van der Waals surface area contributed by atoms with Crippen molar-refractivity contribution in [1.82, 2.24) is 0 Å². The summed E-state index contributed by atoms with van der Waals surface area (Å²) in [5, 5.41) is 5.23. The lowest BCUT2D eigenvalue weighted by Crippen LogP contribution is -2.13. The Morgan fingerprint density at radius 3 is 2.52 bits per heavy atom. The molecule has 3 rings (SSSR count). The van der Waals surface area contributed by atoms with Gasteiger partial charge in [-0.25, -0.2) is 0 Å². The van der Waals surface area contributed by atoms with Crippen molar-refractivity contribution in [2.75, 3.05) is 5.32 Å². The van der Waals surface area contributed by atoms with Gasteiger partial charge in [-0.2, -0.15) is 0 Å². The number of benzene rings is 3. The van der Waals surface area contributed by atoms with Gasteiger partial charge < -0.3 is 5.32 Å². The molecule has 0 aliphatic rings. The van der Waals surface area contributed by atoms with Crippen LogP contribution in [-0.2, 0) is 0 Å². The first-order chi connectivity index (χ1) is 10.1. The highest BCUT2D eigenvalue weighted by Gasteiger charge is 2.11. The number of fused-ring (bicyclic) bond motifs is 1. The summed E-state index contributed by atoms with van der Waals surface area (Å²) in [6.07, 6.45) is 0. The number of anilines is 1. The minimum Gasteiger partial charge on any atom is -0.322 e. The van der Waals surface area contributed by atoms with E-state index in [4.69, 9.17) is 0 Å². The Labute approximate surface area is 131 Å². The quantitative estimate of drug-likeness (QED) is 0.686. The summed E-state index contributed by atoms with van der Waals surface area (Å²) in [6.45, 7) is 1.93. The molecule has 0 bridgehead atoms. The first-order valence-corrected chi connectivity index (χ1v) is 7.50. The van der Waals surface area contributed by atoms with Crippen LogP contribution in [0.5, 0.6) is 0 Å². The largest absolute Gasteiger partial charge is 0.322 e. The number of carbonyl (C=O) groups excluding carboxylic acids is 1. The van der Waals surface area contributed by atoms with E-state index in [2.05, 4.69) is 27.3 Å². The van der Waals surface area contributed by atoms with Gasteiger partial charge >= 0.3 is 0 Å². The summed E-state index contributed by atoms with van der Waals surface area (Å²) in [4.78, 5) is 12.4. The third-order valence-electron chi connectivity index (χ3n) is 3.52. The van der Waals surface area contributed by atoms with Gasteiger partial charge in [0.2, 0.25) is 0 Å². The zero-order valence-electron chi connectivity index (χ0n) is 11.6. The molecule has 0 spiro atoms. The van der Waals surface area contributed by atoms with E-state index < -0.39 is 0 Å². The number of amides is 1. The van der Waals surface area contributed by atoms with Crippen LogP contribution in [-0.4, -0.2) is 5.91 Å². The Balaban J connectivity index is 1.91. The van der Waals surface area contributed by atoms with E-state index in [-0.39, 0.29) is 5.91 Å². The Morgan fingerprint density at radius 1 is 0.952 bits per heavy atom. The molecular formula is C18H14BrNO. The molecular weight excluding hydrogens is 326 g/mol. The second-order valence-corrected chi connectivity index (χ2v) is 5.78. The minimum atomic E-state index is -0.0934. The Morgan fingerprint density at radius 2 is 1.71 bits per heavy atom. The van der Waals surface area contributed by atoms with E-state index >= 15 is 0 Å². The van der Waals surface area contributed by atoms with Crippen LogP contribution >= 0.6 is 15.9 Å². The van der Waals surface area contributed by atoms with Gasteiger partial charge in [0.25, 0.3) is 5.91 Å². The van der Waals surface area contributed by atoms with Gasteiger partial charge in [-0.3, -0.25) is 4.79 Å². The van der Waals surface area contributed by atoms with E-state index in [1.807, 2.05) is 61.5 Å². The topological polar surface area (TPSA) is 29.1 Å². The molecule has 1 amide bonds. The number of nitrogens with one attached hydrogen (secondary N) is 1. The second kappa shape index (κ2) is 5.70. The number of rotatable bonds is 2. The molecule has 0 atom stereocenters. The summed E-state index contributed by atoms with van der Waals surface area (Å²) >= 11 is 3.45. The third kappa shape index (κ3) is 2.83. The van der Waals surface area contributed by atoms with Crippen molar-refractivity contribution in [3.8, 4) is 0 Å². The lowest BCUT2D eigenvalue weighted by atomic mass is 10.1. The summed E-state index contributed by atoms with van der Waals surface area (Å²) in [5.74, 6) is -0.0934. The number of hydrogen-bond donors (Lipinski definition) is 1. The molecule has 104 valence electrons. The lowest BCUT2D eigenvalue weighted by Gasteiger charge is -2.09. The predicted octanol–water partition coefficient (Wildman–Crippen LogP) is 5.16. The lowest BCUT2D eigenvalue weighted by molar-refractivity contribution is 0.102. The summed E-state index contributed by atoms with van der Waals surface area (Å²) in [6, 6.07) is 19.6. The predicted molar refractivity (Wildman–Crippen MR) is 90.8 cm³/mol. The molecule has 0 fully saturated rings. The van der Waals surface area contributed by atoms with Crippen LogP contribution in [0.4, 0.5) is 5.69 Å². The molecule has 3 aromatic rings. The van der Waals surface area contributed by atoms with E-state index in [0.717, 1.165) is 26.5 Å². The molecule has 2 nitrogen and oxygen atoms in total. The summed E-state index contributed by atoms with van der Waals surface area (Å²) < 4.78 is 0.939. The third-order valence-corrected chi connectivity index (χ3v) is 4.38. The zero-order valence-corrected chi connectivity index (χ0v) is 13.1. The molecule has 0 unspecified atom stereocenters. The second-order valence-electron chi connectivity index (χ2n) is 4.93. The van der Waals surface area contributed by atoms with Gasteiger partial charge in [0.1, 0.15) is 0 Å². The molecule has 0 heterocycles. The minimum absolute atomic E-state index is 0.0934. The Bertz CT molecular complexity index is 826. The average Bonchev–Trinajstić information content (AvgIpc) is 2.50. The zero-order chi connectivity index (χ0) is 14.8. The van der Waals surface area contributed by atoms with E-state index in [9.17, 15) is 4.79 Å². The fourth-order valence-corrected chi connectivity index (χ4v) is 2.69. The molecule has 0 aliphatic carbocycles. The van der Waals surface area contributed by atoms with Gasteiger partial charge in [-0.1, -0.05) is 52.3 Å². The van der Waals surface area contributed by atoms with Crippen molar-refractivity contribution in [3.63, 3.8) is 0 Å². The van der Waals surface area contributed by atoms with Crippen LogP contribution in [0.3, 0.4) is 0 Å². The first-order valence-electron chi connectivity index (χ1n) is 6.70. The van der Waals surface area contributed by atoms with Crippen molar-refractivity contribution in [3.05, 3.63) is 76.3 Å². The first kappa shape index (κ1) is 13.8. The van der Waals surface area contributed by atoms with Crippen molar-refractivity contribution in [1.29, 1.82) is 0 Å². The smallest absolute Gasteiger partial charge is 0.255 e. The summed E-state index contributed by atoms with van der Waals surface area (Å²) in [5.41, 5.74) is 2.42. The van der Waals surface area contributed by atoms with Gasteiger partial charge in [0.15, 0.2) is 0 Å². The Hall–Kier alpha value is -2.13. The van der Waals surface area contributed by atoms with Crippen LogP contribution in [0.1, 0.15) is 15.9 Å². The van der Waals surface area contributed by atoms with Crippen LogP contribution in [0.2, 0.25) is 0 Å². The molecule has 0 aliphatic heterocycles. The van der Waals surface area contributed by atoms with Crippen LogP contribution in [0.15, 0.2) is 65.1 Å². The SMILES string of the molecule is Cc1c(Br)cccc1C(=O)Nc1ccc2ccccc2c1. The molecule has 0 saturated heterocycles. The molecule has 0 radical (unpaired) electrons. The number of halogens is 1. The highest BCUT2D eigenvalue weighted by molar-refractivity contribution is 9.10. The number of carbonyl (C=O) groups is 1. The molecule has 21 heavy (non-hydrogen) atoms. The van der Waals surface area contributed by atoms with Crippen LogP contribution < -0.4 is 5.32 Å². The maximum absolute atomic E-state index is 12.4. The summed E-state index contributed by atoms with van der Waals surface area (Å²) in [7, 11) is 0. The maximum Gasteiger partial charge on any atom is 0.255 e. The van der Waals surface area contributed by atoms with Crippen molar-refractivity contribution in [2.24, 2.45) is 0 Å². The van der Waals surface area contributed by atoms with Crippen molar-refractivity contribution in [2.45, 2.75) is 6.92 Å². The standard InChI is InChI=1S/C18H14BrNO/c1-12-16(7-4-8-17(12)19)18(21)20-15-10-9-13-5-2-3-6-14(13)11-15/h2-11H,1H3,(H,20,21). The van der Waals surface area contributed by atoms with Crippen LogP contribution in [0.25, 0.3) is 10.8 Å². The Kier molecular flexibility index (Phi) is 3.76. The van der Waals surface area contributed by atoms with Crippen LogP contribution in [0, 0.1) is 6.92 Å². The van der Waals surface area contributed by atoms with E-state index in [1.54, 1.807) is 0 Å². The molecule has 0 saturated carbocycles. The number of hydrogen-bond acceptors (Lipinski definition) is 1. The van der Waals surface area contributed by atoms with E-state index in [0.29, 0.717) is 5.56 Å². The molecule has 3 heteroatoms. The van der Waals surface area contributed by atoms with Gasteiger partial charge in [0, 0.05) is 15.7 Å². The molecule has 0 aromatic heterocycles. The van der Waals surface area contributed by atoms with E-state index in [1.165, 1.54) is 0 Å². The highest BCUT2D eigenvalue weighted by atomic mass is 79.9. The highest BCUT2D eigenvalue weighted by Crippen LogP contribution is 2.22. The maximum atomic E-state index is 12.4. The van der Waals surface area contributed by atoms with Gasteiger partial charge in [0.05, 0.1) is 0 Å². The fourth-order valence-electron chi connectivity index (χ4n) is 2.32. The van der Waals surface area contributed by atoms with Gasteiger partial charge in [-0.15, -0.1) is 0 Å². The fraction of sp³-hybridized carbons (Fsp3) is 0.0556. The van der Waals surface area contributed by atoms with Crippen molar-refractivity contribution < 1.29 is 4.79 Å². The normalized spacial score (nSPS) is 10.6. The van der Waals surface area contributed by atoms with Crippen molar-refractivity contribution >= 4 is 38.3 Å². The molecule has 1 N–H and O–H groups in total. The van der Waals surface area contributed by atoms with Gasteiger partial charge in [-0.05, 0) is 47.5 Å². The monoisotopic (exact) mass is 339 g/mol. The molecule has 3 aromatic carbocycles. The average molecular weight is 340 g/mol.